The van der Waals surface area contributed by atoms with Crippen molar-refractivity contribution < 1.29 is 18.3 Å². The minimum Gasteiger partial charge on any atom is -0.370 e. The predicted octanol–water partition coefficient (Wildman–Crippen LogP) is 3.23. The molecule has 5 nitrogen and oxygen atoms in total. The quantitative estimate of drug-likeness (QED) is 0.787. The van der Waals surface area contributed by atoms with Gasteiger partial charge in [0.15, 0.2) is 0 Å². The van der Waals surface area contributed by atoms with Gasteiger partial charge < -0.3 is 10.1 Å². The lowest BCUT2D eigenvalue weighted by Crippen LogP contribution is -2.45. The summed E-state index contributed by atoms with van der Waals surface area (Å²) in [5.41, 5.74) is 1.04. The largest absolute Gasteiger partial charge is 0.370 e. The van der Waals surface area contributed by atoms with Crippen molar-refractivity contribution in [2.24, 2.45) is 0 Å². The number of benzene rings is 1. The summed E-state index contributed by atoms with van der Waals surface area (Å²) in [7, 11) is 0. The van der Waals surface area contributed by atoms with Crippen LogP contribution in [-0.4, -0.2) is 47.1 Å². The van der Waals surface area contributed by atoms with Crippen LogP contribution in [0, 0.1) is 11.6 Å². The molecule has 4 rings (SSSR count). The van der Waals surface area contributed by atoms with E-state index in [0.717, 1.165) is 69.2 Å². The van der Waals surface area contributed by atoms with Crippen LogP contribution in [0.4, 0.5) is 8.78 Å². The molecule has 0 saturated carbocycles. The molecule has 1 amide bonds. The van der Waals surface area contributed by atoms with Crippen molar-refractivity contribution in [2.75, 3.05) is 19.6 Å². The fourth-order valence-corrected chi connectivity index (χ4v) is 4.39. The predicted molar refractivity (Wildman–Crippen MR) is 109 cm³/mol. The smallest absolute Gasteiger partial charge is 0.224 e. The normalized spacial score (nSPS) is 21.1. The van der Waals surface area contributed by atoms with E-state index < -0.39 is 11.6 Å². The summed E-state index contributed by atoms with van der Waals surface area (Å²) in [5.74, 6) is -1.44. The minimum atomic E-state index is -0.569. The van der Waals surface area contributed by atoms with Gasteiger partial charge in [0.1, 0.15) is 11.6 Å². The highest BCUT2D eigenvalue weighted by molar-refractivity contribution is 5.78. The molecule has 2 aromatic rings. The number of rotatable bonds is 6. The molecule has 1 spiro atoms. The van der Waals surface area contributed by atoms with Gasteiger partial charge in [0.25, 0.3) is 0 Å². The summed E-state index contributed by atoms with van der Waals surface area (Å²) in [5, 5.41) is 2.81. The number of hydrogen-bond acceptors (Lipinski definition) is 4. The first-order valence-corrected chi connectivity index (χ1v) is 10.5. The monoisotopic (exact) mass is 415 g/mol. The second kappa shape index (κ2) is 9.18. The Balaban J connectivity index is 1.21. The molecule has 30 heavy (non-hydrogen) atoms. The molecule has 1 aromatic heterocycles. The number of likely N-dealkylation sites (tertiary alicyclic amines) is 1. The van der Waals surface area contributed by atoms with Crippen molar-refractivity contribution in [3.8, 4) is 0 Å². The van der Waals surface area contributed by atoms with Gasteiger partial charge in [-0.15, -0.1) is 0 Å². The number of aromatic nitrogens is 1. The number of pyridine rings is 1. The second-order valence-electron chi connectivity index (χ2n) is 8.28. The topological polar surface area (TPSA) is 54.5 Å². The van der Waals surface area contributed by atoms with Gasteiger partial charge in [-0.1, -0.05) is 6.07 Å². The van der Waals surface area contributed by atoms with E-state index in [1.807, 2.05) is 24.4 Å². The molecule has 2 aliphatic rings. The van der Waals surface area contributed by atoms with Gasteiger partial charge in [-0.25, -0.2) is 8.78 Å². The van der Waals surface area contributed by atoms with Gasteiger partial charge in [0.2, 0.25) is 5.91 Å². The van der Waals surface area contributed by atoms with E-state index in [9.17, 15) is 13.6 Å². The first-order chi connectivity index (χ1) is 14.5. The minimum absolute atomic E-state index is 0.0337. The maximum absolute atomic E-state index is 13.7. The van der Waals surface area contributed by atoms with Gasteiger partial charge in [0.05, 0.1) is 23.8 Å². The summed E-state index contributed by atoms with van der Waals surface area (Å²) in [6.07, 6.45) is 5.44. The summed E-state index contributed by atoms with van der Waals surface area (Å²) in [6, 6.07) is 9.13. The molecule has 0 bridgehead atoms. The van der Waals surface area contributed by atoms with E-state index in [1.54, 1.807) is 0 Å². The van der Waals surface area contributed by atoms with Crippen LogP contribution in [-0.2, 0) is 22.5 Å². The summed E-state index contributed by atoms with van der Waals surface area (Å²) < 4.78 is 33.3. The maximum atomic E-state index is 13.7. The second-order valence-corrected chi connectivity index (χ2v) is 8.28. The van der Waals surface area contributed by atoms with Crippen molar-refractivity contribution in [1.82, 2.24) is 15.2 Å². The summed E-state index contributed by atoms with van der Waals surface area (Å²) >= 11 is 0. The van der Waals surface area contributed by atoms with Crippen molar-refractivity contribution in [1.29, 1.82) is 0 Å². The Bertz CT molecular complexity index is 870. The summed E-state index contributed by atoms with van der Waals surface area (Å²) in [6.45, 7) is 3.19. The number of halogens is 2. The average Bonchev–Trinajstić information content (AvgIpc) is 3.15. The maximum Gasteiger partial charge on any atom is 0.224 e. The fourth-order valence-electron chi connectivity index (χ4n) is 4.39. The van der Waals surface area contributed by atoms with Crippen LogP contribution in [0.3, 0.4) is 0 Å². The van der Waals surface area contributed by atoms with Gasteiger partial charge in [-0.05, 0) is 56.0 Å². The van der Waals surface area contributed by atoms with E-state index in [-0.39, 0.29) is 29.6 Å². The van der Waals surface area contributed by atoms with Crippen molar-refractivity contribution in [2.45, 2.75) is 50.4 Å². The molecular formula is C23H27F2N3O2. The van der Waals surface area contributed by atoms with E-state index in [2.05, 4.69) is 15.2 Å². The van der Waals surface area contributed by atoms with Crippen molar-refractivity contribution in [3.63, 3.8) is 0 Å². The van der Waals surface area contributed by atoms with Gasteiger partial charge in [-0.2, -0.15) is 0 Å². The summed E-state index contributed by atoms with van der Waals surface area (Å²) in [4.78, 5) is 18.9. The Morgan fingerprint density at radius 1 is 1.20 bits per heavy atom. The van der Waals surface area contributed by atoms with Crippen molar-refractivity contribution in [3.05, 3.63) is 65.5 Å². The Hall–Kier alpha value is -2.38. The van der Waals surface area contributed by atoms with E-state index in [4.69, 9.17) is 4.74 Å². The molecule has 160 valence electrons. The van der Waals surface area contributed by atoms with Gasteiger partial charge in [0, 0.05) is 37.9 Å². The van der Waals surface area contributed by atoms with E-state index in [1.165, 1.54) is 0 Å². The third-order valence-electron chi connectivity index (χ3n) is 6.10. The number of nitrogens with one attached hydrogen (secondary N) is 1. The molecule has 3 heterocycles. The van der Waals surface area contributed by atoms with Crippen LogP contribution >= 0.6 is 0 Å². The number of hydrogen-bond donors (Lipinski definition) is 1. The van der Waals surface area contributed by atoms with Crippen LogP contribution in [0.5, 0.6) is 0 Å². The lowest BCUT2D eigenvalue weighted by molar-refractivity contribution is -0.122. The highest BCUT2D eigenvalue weighted by atomic mass is 19.1. The van der Waals surface area contributed by atoms with Crippen LogP contribution in [0.25, 0.3) is 0 Å². The van der Waals surface area contributed by atoms with Crippen LogP contribution in [0.1, 0.15) is 36.9 Å². The molecular weight excluding hydrogens is 388 g/mol. The molecule has 2 aliphatic heterocycles. The number of carbonyl (C=O) groups is 1. The molecule has 1 atom stereocenters. The van der Waals surface area contributed by atoms with Crippen molar-refractivity contribution >= 4 is 5.91 Å². The molecule has 1 N–H and O–H groups in total. The lowest BCUT2D eigenvalue weighted by atomic mass is 9.88. The first-order valence-electron chi connectivity index (χ1n) is 10.5. The SMILES string of the molecule is O=C(Cc1cc(F)ccc1F)NC[C@@H]1CCC2(CCN(Cc3ccccn3)CC2)O1. The van der Waals surface area contributed by atoms with Crippen LogP contribution < -0.4 is 5.32 Å². The molecule has 0 radical (unpaired) electrons. The average molecular weight is 415 g/mol. The van der Waals surface area contributed by atoms with Crippen LogP contribution in [0.15, 0.2) is 42.6 Å². The molecule has 2 saturated heterocycles. The highest BCUT2D eigenvalue weighted by Crippen LogP contribution is 2.38. The molecule has 1 aromatic carbocycles. The standard InChI is InChI=1S/C23H27F2N3O2/c24-18-4-5-21(25)17(13-18)14-22(29)27-15-20-6-7-23(30-20)8-11-28(12-9-23)16-19-3-1-2-10-26-19/h1-5,10,13,20H,6-9,11-12,14-16H2,(H,27,29)/t20-/m0/s1. The zero-order valence-electron chi connectivity index (χ0n) is 16.9. The van der Waals surface area contributed by atoms with E-state index >= 15 is 0 Å². The third kappa shape index (κ3) is 5.21. The van der Waals surface area contributed by atoms with Gasteiger partial charge in [-0.3, -0.25) is 14.7 Å². The number of nitrogens with zero attached hydrogens (tertiary/aromatic N) is 2. The zero-order chi connectivity index (χ0) is 21.0. The Kier molecular flexibility index (Phi) is 6.39. The first kappa shape index (κ1) is 20.9. The highest BCUT2D eigenvalue weighted by Gasteiger charge is 2.42. The molecule has 2 fully saturated rings. The number of amides is 1. The Morgan fingerprint density at radius 2 is 2.03 bits per heavy atom. The van der Waals surface area contributed by atoms with E-state index in [0.29, 0.717) is 6.54 Å². The number of carbonyl (C=O) groups excluding carboxylic acids is 1. The molecule has 0 unspecified atom stereocenters. The third-order valence-corrected chi connectivity index (χ3v) is 6.10. The number of ether oxygens (including phenoxy) is 1. The van der Waals surface area contributed by atoms with Crippen LogP contribution in [0.2, 0.25) is 0 Å². The van der Waals surface area contributed by atoms with Gasteiger partial charge >= 0.3 is 0 Å². The zero-order valence-corrected chi connectivity index (χ0v) is 16.9. The lowest BCUT2D eigenvalue weighted by Gasteiger charge is -2.39. The molecule has 7 heteroatoms. The Labute approximate surface area is 175 Å². The Morgan fingerprint density at radius 3 is 2.80 bits per heavy atom. The molecule has 0 aliphatic carbocycles. The number of piperidine rings is 1. The fraction of sp³-hybridized carbons (Fsp3) is 0.478.